The van der Waals surface area contributed by atoms with Gasteiger partial charge >= 0.3 is 0 Å². The maximum atomic E-state index is 11.8. The summed E-state index contributed by atoms with van der Waals surface area (Å²) in [5.74, 6) is -1.40. The van der Waals surface area contributed by atoms with Gasteiger partial charge in [-0.3, -0.25) is 31.0 Å². The number of ether oxygens (including phenoxy) is 1. The van der Waals surface area contributed by atoms with E-state index in [2.05, 4.69) is 10.6 Å². The Morgan fingerprint density at radius 2 is 1.58 bits per heavy atom. The first-order chi connectivity index (χ1) is 11.3. The van der Waals surface area contributed by atoms with Crippen molar-refractivity contribution >= 4 is 34.5 Å². The molecule has 9 heteroatoms. The van der Waals surface area contributed by atoms with Crippen LogP contribution in [0.4, 0.5) is 0 Å². The van der Waals surface area contributed by atoms with Crippen LogP contribution >= 0.6 is 0 Å². The third-order valence-corrected chi connectivity index (χ3v) is 2.97. The lowest BCUT2D eigenvalue weighted by molar-refractivity contribution is -0.121. The molecule has 0 saturated carbocycles. The van der Waals surface area contributed by atoms with Crippen LogP contribution in [0.3, 0.4) is 0 Å². The maximum Gasteiger partial charge on any atom is 0.264 e. The lowest BCUT2D eigenvalue weighted by Gasteiger charge is -2.08. The van der Waals surface area contributed by atoms with Crippen LogP contribution in [0.5, 0.6) is 5.75 Å². The highest BCUT2D eigenvalue weighted by Crippen LogP contribution is 2.22. The van der Waals surface area contributed by atoms with E-state index in [1.165, 1.54) is 0 Å². The Balaban J connectivity index is 2.11. The average Bonchev–Trinajstić information content (AvgIpc) is 2.51. The molecule has 0 atom stereocenters. The minimum atomic E-state index is -0.529. The van der Waals surface area contributed by atoms with Crippen LogP contribution in [0.2, 0.25) is 0 Å². The van der Waals surface area contributed by atoms with E-state index in [1.807, 2.05) is 0 Å². The molecule has 24 heavy (non-hydrogen) atoms. The van der Waals surface area contributed by atoms with Crippen LogP contribution in [0, 0.1) is 10.8 Å². The quantitative estimate of drug-likeness (QED) is 0.338. The predicted octanol–water partition coefficient (Wildman–Crippen LogP) is -0.148. The second-order valence-corrected chi connectivity index (χ2v) is 4.84. The fraction of sp³-hybridized carbons (Fsp3) is 0.0667. The molecule has 0 radical (unpaired) electrons. The van der Waals surface area contributed by atoms with Crippen molar-refractivity contribution in [2.24, 2.45) is 11.5 Å². The molecule has 0 aliphatic rings. The van der Waals surface area contributed by atoms with Gasteiger partial charge in [-0.2, -0.15) is 0 Å². The number of carbonyl (C=O) groups is 2. The number of benzene rings is 2. The van der Waals surface area contributed by atoms with Crippen LogP contribution < -0.4 is 26.8 Å². The summed E-state index contributed by atoms with van der Waals surface area (Å²) < 4.78 is 5.32. The monoisotopic (exact) mass is 328 g/mol. The first-order valence-corrected chi connectivity index (χ1v) is 6.81. The van der Waals surface area contributed by atoms with Crippen molar-refractivity contribution in [2.45, 2.75) is 0 Å². The molecule has 0 aliphatic carbocycles. The molecular formula is C15H16N6O3. The number of guanidine groups is 2. The molecule has 0 heterocycles. The van der Waals surface area contributed by atoms with Gasteiger partial charge in [-0.1, -0.05) is 12.1 Å². The smallest absolute Gasteiger partial charge is 0.264 e. The number of hydrogen-bond acceptors (Lipinski definition) is 5. The van der Waals surface area contributed by atoms with Crippen molar-refractivity contribution in [3.63, 3.8) is 0 Å². The van der Waals surface area contributed by atoms with Gasteiger partial charge in [0, 0.05) is 5.56 Å². The third-order valence-electron chi connectivity index (χ3n) is 2.97. The zero-order valence-electron chi connectivity index (χ0n) is 12.6. The van der Waals surface area contributed by atoms with Crippen molar-refractivity contribution < 1.29 is 14.3 Å². The molecule has 0 aliphatic heterocycles. The molecule has 2 aromatic carbocycles. The van der Waals surface area contributed by atoms with Crippen LogP contribution in [0.15, 0.2) is 36.4 Å². The largest absolute Gasteiger partial charge is 0.484 e. The SMILES string of the molecule is N=C(N)NC(=O)COc1ccc2cc(C(=O)NC(=N)N)ccc2c1. The lowest BCUT2D eigenvalue weighted by atomic mass is 10.1. The fourth-order valence-corrected chi connectivity index (χ4v) is 1.98. The second-order valence-electron chi connectivity index (χ2n) is 4.84. The Morgan fingerprint density at radius 3 is 2.25 bits per heavy atom. The number of amides is 2. The molecule has 8 N–H and O–H groups in total. The van der Waals surface area contributed by atoms with E-state index in [0.717, 1.165) is 10.8 Å². The third kappa shape index (κ3) is 4.44. The van der Waals surface area contributed by atoms with Crippen LogP contribution in [-0.2, 0) is 4.79 Å². The number of rotatable bonds is 4. The van der Waals surface area contributed by atoms with Gasteiger partial charge in [0.05, 0.1) is 0 Å². The van der Waals surface area contributed by atoms with E-state index in [0.29, 0.717) is 11.3 Å². The summed E-state index contributed by atoms with van der Waals surface area (Å²) in [6.07, 6.45) is 0. The second kappa shape index (κ2) is 7.09. The normalized spacial score (nSPS) is 10.0. The predicted molar refractivity (Wildman–Crippen MR) is 88.9 cm³/mol. The number of carbonyl (C=O) groups excluding carboxylic acids is 2. The Labute approximate surface area is 137 Å². The van der Waals surface area contributed by atoms with E-state index < -0.39 is 23.7 Å². The highest BCUT2D eigenvalue weighted by molar-refractivity contribution is 6.06. The standard InChI is InChI=1S/C15H16N6O3/c16-14(17)20-12(22)7-24-11-4-3-8-5-10(2-1-9(8)6-11)13(23)21-15(18)19/h1-6H,7H2,(H4,16,17,20,22)(H4,18,19,21,23). The summed E-state index contributed by atoms with van der Waals surface area (Å²) in [4.78, 5) is 23.2. The average molecular weight is 328 g/mol. The zero-order chi connectivity index (χ0) is 17.7. The number of hydrogen-bond donors (Lipinski definition) is 6. The molecule has 2 rings (SSSR count). The fourth-order valence-electron chi connectivity index (χ4n) is 1.98. The van der Waals surface area contributed by atoms with E-state index in [9.17, 15) is 9.59 Å². The molecule has 2 aromatic rings. The summed E-state index contributed by atoms with van der Waals surface area (Å²) in [6.45, 7) is -0.274. The topological polar surface area (TPSA) is 167 Å². The number of nitrogens with one attached hydrogen (secondary N) is 4. The molecular weight excluding hydrogens is 312 g/mol. The minimum Gasteiger partial charge on any atom is -0.484 e. The van der Waals surface area contributed by atoms with Gasteiger partial charge in [0.15, 0.2) is 18.5 Å². The molecule has 0 aromatic heterocycles. The maximum absolute atomic E-state index is 11.8. The van der Waals surface area contributed by atoms with Crippen molar-refractivity contribution in [1.82, 2.24) is 10.6 Å². The van der Waals surface area contributed by atoms with Crippen molar-refractivity contribution in [3.05, 3.63) is 42.0 Å². The van der Waals surface area contributed by atoms with Gasteiger partial charge in [-0.15, -0.1) is 0 Å². The lowest BCUT2D eigenvalue weighted by Crippen LogP contribution is -2.38. The van der Waals surface area contributed by atoms with Gasteiger partial charge < -0.3 is 16.2 Å². The highest BCUT2D eigenvalue weighted by atomic mass is 16.5. The Hall–Kier alpha value is -3.62. The van der Waals surface area contributed by atoms with E-state index in [4.69, 9.17) is 27.0 Å². The first kappa shape index (κ1) is 16.7. The number of nitrogens with two attached hydrogens (primary N) is 2. The van der Waals surface area contributed by atoms with Gasteiger partial charge in [-0.05, 0) is 35.0 Å². The Kier molecular flexibility index (Phi) is 4.95. The van der Waals surface area contributed by atoms with Crippen molar-refractivity contribution in [1.29, 1.82) is 10.8 Å². The number of fused-ring (bicyclic) bond motifs is 1. The summed E-state index contributed by atoms with van der Waals surface area (Å²) in [7, 11) is 0. The highest BCUT2D eigenvalue weighted by Gasteiger charge is 2.08. The Morgan fingerprint density at radius 1 is 0.958 bits per heavy atom. The molecule has 9 nitrogen and oxygen atoms in total. The molecule has 124 valence electrons. The molecule has 0 bridgehead atoms. The van der Waals surface area contributed by atoms with Gasteiger partial charge in [0.2, 0.25) is 0 Å². The zero-order valence-corrected chi connectivity index (χ0v) is 12.6. The van der Waals surface area contributed by atoms with Gasteiger partial charge in [0.1, 0.15) is 5.75 Å². The van der Waals surface area contributed by atoms with Gasteiger partial charge in [0.25, 0.3) is 11.8 Å². The Bertz CT molecular complexity index is 833. The molecule has 2 amide bonds. The van der Waals surface area contributed by atoms with Crippen molar-refractivity contribution in [3.8, 4) is 5.75 Å². The molecule has 0 spiro atoms. The molecule has 0 fully saturated rings. The summed E-state index contributed by atoms with van der Waals surface area (Å²) >= 11 is 0. The van der Waals surface area contributed by atoms with Crippen LogP contribution in [-0.4, -0.2) is 30.3 Å². The van der Waals surface area contributed by atoms with Gasteiger partial charge in [-0.25, -0.2) is 0 Å². The molecule has 0 saturated heterocycles. The van der Waals surface area contributed by atoms with Crippen LogP contribution in [0.1, 0.15) is 10.4 Å². The molecule has 0 unspecified atom stereocenters. The van der Waals surface area contributed by atoms with E-state index >= 15 is 0 Å². The summed E-state index contributed by atoms with van der Waals surface area (Å²) in [6, 6.07) is 10.1. The minimum absolute atomic E-state index is 0.274. The van der Waals surface area contributed by atoms with E-state index in [-0.39, 0.29) is 6.61 Å². The first-order valence-electron chi connectivity index (χ1n) is 6.81. The van der Waals surface area contributed by atoms with E-state index in [1.54, 1.807) is 36.4 Å². The summed E-state index contributed by atoms with van der Waals surface area (Å²) in [5.41, 5.74) is 10.5. The summed E-state index contributed by atoms with van der Waals surface area (Å²) in [5, 5.41) is 19.9. The van der Waals surface area contributed by atoms with Crippen LogP contribution in [0.25, 0.3) is 10.8 Å². The van der Waals surface area contributed by atoms with Crippen molar-refractivity contribution in [2.75, 3.05) is 6.61 Å².